The summed E-state index contributed by atoms with van der Waals surface area (Å²) in [6.07, 6.45) is 11.8. The third-order valence-electron chi connectivity index (χ3n) is 3.62. The highest BCUT2D eigenvalue weighted by Gasteiger charge is 2.18. The van der Waals surface area contributed by atoms with Gasteiger partial charge in [-0.3, -0.25) is 0 Å². The molecule has 1 fully saturated rings. The van der Waals surface area contributed by atoms with E-state index >= 15 is 0 Å². The van der Waals surface area contributed by atoms with Crippen LogP contribution in [0, 0.1) is 11.8 Å². The van der Waals surface area contributed by atoms with Gasteiger partial charge in [-0.05, 0) is 11.8 Å². The van der Waals surface area contributed by atoms with E-state index in [1.165, 1.54) is 51.4 Å². The van der Waals surface area contributed by atoms with Crippen molar-refractivity contribution >= 4 is 0 Å². The third-order valence-corrected chi connectivity index (χ3v) is 3.62. The van der Waals surface area contributed by atoms with Crippen LogP contribution in [0.2, 0.25) is 0 Å². The van der Waals surface area contributed by atoms with Crippen molar-refractivity contribution in [2.45, 2.75) is 65.2 Å². The zero-order valence-electron chi connectivity index (χ0n) is 8.81. The molecule has 1 rings (SSSR count). The fourth-order valence-electron chi connectivity index (χ4n) is 2.71. The molecule has 1 aliphatic rings. The molecule has 0 aromatic carbocycles. The van der Waals surface area contributed by atoms with Crippen molar-refractivity contribution in [2.24, 2.45) is 11.8 Å². The molecule has 0 N–H and O–H groups in total. The fraction of sp³-hybridized carbons (Fsp3) is 1.00. The molecular weight excluding hydrogens is 144 g/mol. The minimum absolute atomic E-state index is 1.05. The first-order valence-corrected chi connectivity index (χ1v) is 5.88. The van der Waals surface area contributed by atoms with E-state index in [2.05, 4.69) is 13.8 Å². The van der Waals surface area contributed by atoms with Crippen LogP contribution in [0.1, 0.15) is 65.2 Å². The molecule has 0 aromatic rings. The molecular formula is C12H24. The second kappa shape index (κ2) is 5.61. The van der Waals surface area contributed by atoms with Gasteiger partial charge in [0.15, 0.2) is 0 Å². The minimum Gasteiger partial charge on any atom is -0.0651 e. The first-order valence-electron chi connectivity index (χ1n) is 5.88. The Bertz CT molecular complexity index is 92.6. The molecule has 0 radical (unpaired) electrons. The molecule has 0 aliphatic heterocycles. The first kappa shape index (κ1) is 10.1. The Labute approximate surface area is 77.7 Å². The maximum atomic E-state index is 2.37. The van der Waals surface area contributed by atoms with E-state index in [-0.39, 0.29) is 0 Å². The molecule has 0 heteroatoms. The lowest BCUT2D eigenvalue weighted by Crippen LogP contribution is -2.15. The normalized spacial score (nSPS) is 32.5. The monoisotopic (exact) mass is 168 g/mol. The summed E-state index contributed by atoms with van der Waals surface area (Å²) in [4.78, 5) is 0. The van der Waals surface area contributed by atoms with Gasteiger partial charge in [-0.25, -0.2) is 0 Å². The minimum atomic E-state index is 1.05. The number of hydrogen-bond acceptors (Lipinski definition) is 0. The Morgan fingerprint density at radius 1 is 0.750 bits per heavy atom. The van der Waals surface area contributed by atoms with Crippen LogP contribution in [0.3, 0.4) is 0 Å². The maximum absolute atomic E-state index is 2.37. The van der Waals surface area contributed by atoms with E-state index in [0.29, 0.717) is 0 Å². The van der Waals surface area contributed by atoms with Gasteiger partial charge in [-0.15, -0.1) is 0 Å². The molecule has 0 aromatic heterocycles. The molecule has 0 saturated heterocycles. The molecule has 0 amide bonds. The molecule has 1 aliphatic carbocycles. The summed E-state index contributed by atoms with van der Waals surface area (Å²) >= 11 is 0. The summed E-state index contributed by atoms with van der Waals surface area (Å²) in [5, 5.41) is 0. The van der Waals surface area contributed by atoms with Crippen LogP contribution in [0.5, 0.6) is 0 Å². The average Bonchev–Trinajstić information content (AvgIpc) is 2.05. The molecule has 0 spiro atoms. The first-order chi connectivity index (χ1) is 5.88. The van der Waals surface area contributed by atoms with Crippen LogP contribution in [-0.2, 0) is 0 Å². The van der Waals surface area contributed by atoms with Crippen LogP contribution >= 0.6 is 0 Å². The predicted molar refractivity (Wildman–Crippen MR) is 55.3 cm³/mol. The topological polar surface area (TPSA) is 0 Å². The molecule has 2 atom stereocenters. The molecule has 0 nitrogen and oxygen atoms in total. The molecule has 12 heavy (non-hydrogen) atoms. The Kier molecular flexibility index (Phi) is 4.72. The summed E-state index contributed by atoms with van der Waals surface area (Å²) in [6.45, 7) is 4.74. The summed E-state index contributed by atoms with van der Waals surface area (Å²) in [5.41, 5.74) is 0. The van der Waals surface area contributed by atoms with Crippen molar-refractivity contribution in [1.82, 2.24) is 0 Å². The Hall–Kier alpha value is 0. The second-order valence-electron chi connectivity index (χ2n) is 4.33. The van der Waals surface area contributed by atoms with Gasteiger partial charge in [0.2, 0.25) is 0 Å². The third kappa shape index (κ3) is 2.80. The van der Waals surface area contributed by atoms with E-state index in [1.807, 2.05) is 0 Å². The van der Waals surface area contributed by atoms with Crippen molar-refractivity contribution in [2.75, 3.05) is 0 Å². The van der Waals surface area contributed by atoms with Crippen LogP contribution in [-0.4, -0.2) is 0 Å². The SMILES string of the molecule is CCC1CCCCCCC1CC. The van der Waals surface area contributed by atoms with E-state index in [4.69, 9.17) is 0 Å². The van der Waals surface area contributed by atoms with E-state index < -0.39 is 0 Å². The van der Waals surface area contributed by atoms with Gasteiger partial charge < -0.3 is 0 Å². The summed E-state index contributed by atoms with van der Waals surface area (Å²) in [5.74, 6) is 2.10. The van der Waals surface area contributed by atoms with Gasteiger partial charge in [-0.2, -0.15) is 0 Å². The molecule has 72 valence electrons. The van der Waals surface area contributed by atoms with Gasteiger partial charge in [0, 0.05) is 0 Å². The highest BCUT2D eigenvalue weighted by molar-refractivity contribution is 4.70. The van der Waals surface area contributed by atoms with E-state index in [0.717, 1.165) is 11.8 Å². The van der Waals surface area contributed by atoms with Crippen molar-refractivity contribution in [3.05, 3.63) is 0 Å². The molecule has 2 unspecified atom stereocenters. The smallest absolute Gasteiger partial charge is 0.0389 e. The van der Waals surface area contributed by atoms with Crippen molar-refractivity contribution in [3.8, 4) is 0 Å². The van der Waals surface area contributed by atoms with Crippen LogP contribution in [0.4, 0.5) is 0 Å². The van der Waals surface area contributed by atoms with E-state index in [1.54, 1.807) is 0 Å². The molecule has 0 bridgehead atoms. The largest absolute Gasteiger partial charge is 0.0651 e. The Morgan fingerprint density at radius 3 is 1.50 bits per heavy atom. The average molecular weight is 168 g/mol. The number of hydrogen-bond donors (Lipinski definition) is 0. The lowest BCUT2D eigenvalue weighted by molar-refractivity contribution is 0.247. The zero-order chi connectivity index (χ0) is 8.81. The Balaban J connectivity index is 2.39. The van der Waals surface area contributed by atoms with Crippen molar-refractivity contribution in [1.29, 1.82) is 0 Å². The summed E-state index contributed by atoms with van der Waals surface area (Å²) in [6, 6.07) is 0. The predicted octanol–water partition coefficient (Wildman–Crippen LogP) is 4.39. The van der Waals surface area contributed by atoms with Gasteiger partial charge >= 0.3 is 0 Å². The standard InChI is InChI=1S/C12H24/c1-3-11-9-7-5-6-8-10-12(11)4-2/h11-12H,3-10H2,1-2H3. The lowest BCUT2D eigenvalue weighted by atomic mass is 9.79. The van der Waals surface area contributed by atoms with Gasteiger partial charge in [-0.1, -0.05) is 65.2 Å². The summed E-state index contributed by atoms with van der Waals surface area (Å²) in [7, 11) is 0. The lowest BCUT2D eigenvalue weighted by Gasteiger charge is -2.27. The molecule has 1 saturated carbocycles. The van der Waals surface area contributed by atoms with Crippen molar-refractivity contribution in [3.63, 3.8) is 0 Å². The van der Waals surface area contributed by atoms with Gasteiger partial charge in [0.25, 0.3) is 0 Å². The highest BCUT2D eigenvalue weighted by Crippen LogP contribution is 2.31. The molecule has 0 heterocycles. The van der Waals surface area contributed by atoms with Gasteiger partial charge in [0.1, 0.15) is 0 Å². The Morgan fingerprint density at radius 2 is 1.17 bits per heavy atom. The second-order valence-corrected chi connectivity index (χ2v) is 4.33. The quantitative estimate of drug-likeness (QED) is 0.573. The van der Waals surface area contributed by atoms with Crippen LogP contribution in [0.25, 0.3) is 0 Å². The van der Waals surface area contributed by atoms with E-state index in [9.17, 15) is 0 Å². The summed E-state index contributed by atoms with van der Waals surface area (Å²) < 4.78 is 0. The number of rotatable bonds is 2. The maximum Gasteiger partial charge on any atom is -0.0389 e. The zero-order valence-corrected chi connectivity index (χ0v) is 8.81. The van der Waals surface area contributed by atoms with Crippen LogP contribution in [0.15, 0.2) is 0 Å². The van der Waals surface area contributed by atoms with Crippen LogP contribution < -0.4 is 0 Å². The van der Waals surface area contributed by atoms with Crippen molar-refractivity contribution < 1.29 is 0 Å². The van der Waals surface area contributed by atoms with Gasteiger partial charge in [0.05, 0.1) is 0 Å². The fourth-order valence-corrected chi connectivity index (χ4v) is 2.71. The highest BCUT2D eigenvalue weighted by atomic mass is 14.2.